The molecule has 0 spiro atoms. The SMILES string of the molecule is COc1ccc(-c2csc(N3CCN(S(=O)(=O)c4c(C)cc(C)cc4C)CC3)n2)cc1.Cc1ccc(-c2csc(N3CCN(S(=O)(=O)c4c(C)cc(C)cc4C)CC3)n2)cc1. The summed E-state index contributed by atoms with van der Waals surface area (Å²) in [6.07, 6.45) is 0. The summed E-state index contributed by atoms with van der Waals surface area (Å²) in [4.78, 5) is 14.8. The third-order valence-corrected chi connectivity index (χ3v) is 17.4. The molecule has 322 valence electrons. The molecule has 15 heteroatoms. The lowest BCUT2D eigenvalue weighted by Gasteiger charge is -2.34. The lowest BCUT2D eigenvalue weighted by atomic mass is 10.1. The van der Waals surface area contributed by atoms with Gasteiger partial charge in [-0.2, -0.15) is 8.61 Å². The van der Waals surface area contributed by atoms with Gasteiger partial charge in [-0.25, -0.2) is 26.8 Å². The molecular formula is C46H54N6O5S4. The van der Waals surface area contributed by atoms with Gasteiger partial charge in [0.15, 0.2) is 10.3 Å². The topological polar surface area (TPSA) is 116 Å². The summed E-state index contributed by atoms with van der Waals surface area (Å²) in [6.45, 7) is 17.9. The summed E-state index contributed by atoms with van der Waals surface area (Å²) < 4.78 is 61.6. The van der Waals surface area contributed by atoms with Crippen LogP contribution in [0.2, 0.25) is 0 Å². The molecular weight excluding hydrogens is 845 g/mol. The van der Waals surface area contributed by atoms with E-state index in [9.17, 15) is 16.8 Å². The Bertz CT molecular complexity index is 2670. The molecule has 6 aromatic rings. The smallest absolute Gasteiger partial charge is 0.243 e. The lowest BCUT2D eigenvalue weighted by molar-refractivity contribution is 0.384. The fraction of sp³-hybridized carbons (Fsp3) is 0.348. The number of thiazole rings is 2. The quantitative estimate of drug-likeness (QED) is 0.140. The molecule has 0 unspecified atom stereocenters. The second kappa shape index (κ2) is 18.4. The van der Waals surface area contributed by atoms with Crippen molar-refractivity contribution in [3.8, 4) is 28.3 Å². The van der Waals surface area contributed by atoms with Crippen molar-refractivity contribution in [3.63, 3.8) is 0 Å². The summed E-state index contributed by atoms with van der Waals surface area (Å²) in [5.74, 6) is 0.815. The number of hydrogen-bond donors (Lipinski definition) is 0. The summed E-state index contributed by atoms with van der Waals surface area (Å²) in [5, 5.41) is 5.98. The Labute approximate surface area is 369 Å². The molecule has 0 aliphatic carbocycles. The van der Waals surface area contributed by atoms with Crippen molar-refractivity contribution in [1.82, 2.24) is 18.6 Å². The highest BCUT2D eigenvalue weighted by atomic mass is 32.2. The summed E-state index contributed by atoms with van der Waals surface area (Å²) >= 11 is 3.20. The van der Waals surface area contributed by atoms with Crippen molar-refractivity contribution in [2.24, 2.45) is 0 Å². The van der Waals surface area contributed by atoms with Crippen molar-refractivity contribution in [2.75, 3.05) is 69.3 Å². The first kappa shape index (κ1) is 44.4. The lowest BCUT2D eigenvalue weighted by Crippen LogP contribution is -2.48. The molecule has 2 aromatic heterocycles. The molecule has 11 nitrogen and oxygen atoms in total. The van der Waals surface area contributed by atoms with Crippen LogP contribution in [0.5, 0.6) is 5.75 Å². The zero-order valence-electron chi connectivity index (χ0n) is 36.1. The molecule has 0 bridgehead atoms. The van der Waals surface area contributed by atoms with Crippen LogP contribution in [0.4, 0.5) is 10.3 Å². The molecule has 0 amide bonds. The molecule has 4 heterocycles. The Morgan fingerprint density at radius 2 is 0.836 bits per heavy atom. The second-order valence-corrected chi connectivity index (χ2v) is 21.3. The Morgan fingerprint density at radius 1 is 0.492 bits per heavy atom. The Hall–Kier alpha value is -4.64. The first-order chi connectivity index (χ1) is 29.0. The number of piperazine rings is 2. The first-order valence-electron chi connectivity index (χ1n) is 20.3. The maximum atomic E-state index is 13.3. The minimum Gasteiger partial charge on any atom is -0.497 e. The van der Waals surface area contributed by atoms with Gasteiger partial charge in [0.05, 0.1) is 28.3 Å². The summed E-state index contributed by atoms with van der Waals surface area (Å²) in [7, 11) is -5.36. The maximum Gasteiger partial charge on any atom is 0.243 e. The Kier molecular flexibility index (Phi) is 13.4. The Morgan fingerprint density at radius 3 is 1.18 bits per heavy atom. The van der Waals surface area contributed by atoms with E-state index in [1.165, 1.54) is 5.56 Å². The van der Waals surface area contributed by atoms with Gasteiger partial charge in [0.2, 0.25) is 20.0 Å². The van der Waals surface area contributed by atoms with E-state index in [0.29, 0.717) is 62.1 Å². The van der Waals surface area contributed by atoms with Crippen molar-refractivity contribution in [1.29, 1.82) is 0 Å². The number of aromatic nitrogens is 2. The third-order valence-electron chi connectivity index (χ3n) is 11.1. The molecule has 2 saturated heterocycles. The maximum absolute atomic E-state index is 13.3. The molecule has 2 aliphatic rings. The highest BCUT2D eigenvalue weighted by Crippen LogP contribution is 2.33. The van der Waals surface area contributed by atoms with Gasteiger partial charge >= 0.3 is 0 Å². The molecule has 8 rings (SSSR count). The van der Waals surface area contributed by atoms with Crippen molar-refractivity contribution < 1.29 is 21.6 Å². The highest BCUT2D eigenvalue weighted by Gasteiger charge is 2.33. The average Bonchev–Trinajstić information content (AvgIpc) is 3.92. The largest absolute Gasteiger partial charge is 0.497 e. The minimum atomic E-state index is -3.51. The fourth-order valence-corrected chi connectivity index (χ4v) is 13.7. The van der Waals surface area contributed by atoms with Gasteiger partial charge in [-0.1, -0.05) is 65.2 Å². The van der Waals surface area contributed by atoms with E-state index in [2.05, 4.69) is 46.4 Å². The van der Waals surface area contributed by atoms with Gasteiger partial charge < -0.3 is 14.5 Å². The highest BCUT2D eigenvalue weighted by molar-refractivity contribution is 7.89. The number of benzene rings is 4. The fourth-order valence-electron chi connectivity index (χ4n) is 8.22. The molecule has 0 radical (unpaired) electrons. The molecule has 61 heavy (non-hydrogen) atoms. The Balaban J connectivity index is 0.000000184. The number of aryl methyl sites for hydroxylation is 7. The van der Waals surface area contributed by atoms with Gasteiger partial charge in [-0.05, 0) is 95.0 Å². The van der Waals surface area contributed by atoms with Crippen LogP contribution in [0.1, 0.15) is 38.9 Å². The van der Waals surface area contributed by atoms with Crippen LogP contribution >= 0.6 is 22.7 Å². The van der Waals surface area contributed by atoms with E-state index in [0.717, 1.165) is 71.9 Å². The van der Waals surface area contributed by atoms with Crippen molar-refractivity contribution >= 4 is 53.0 Å². The monoisotopic (exact) mass is 898 g/mol. The van der Waals surface area contributed by atoms with Gasteiger partial charge in [0, 0.05) is 74.2 Å². The molecule has 0 atom stereocenters. The number of nitrogens with zero attached hydrogens (tertiary/aromatic N) is 6. The molecule has 0 saturated carbocycles. The minimum absolute atomic E-state index is 0.447. The van der Waals surface area contributed by atoms with Gasteiger partial charge in [0.1, 0.15) is 5.75 Å². The molecule has 2 aliphatic heterocycles. The van der Waals surface area contributed by atoms with Gasteiger partial charge in [-0.3, -0.25) is 0 Å². The standard InChI is InChI=1S/C23H27N3O3S2.C23H27N3O2S2/c1-16-13-17(2)22(18(3)14-16)31(27,28)26-11-9-25(10-12-26)23-24-21(15-30-23)19-5-7-20(29-4)8-6-19;1-16-5-7-20(8-6-16)21-15-29-23(24-21)25-9-11-26(12-10-25)30(27,28)22-18(3)13-17(2)14-19(22)4/h5-8,13-15H,9-12H2,1-4H3;5-8,13-15H,9-12H2,1-4H3. The normalized spacial score (nSPS) is 15.4. The van der Waals surface area contributed by atoms with Crippen molar-refractivity contribution in [3.05, 3.63) is 123 Å². The molecule has 2 fully saturated rings. The van der Waals surface area contributed by atoms with E-state index >= 15 is 0 Å². The van der Waals surface area contributed by atoms with Crippen molar-refractivity contribution in [2.45, 2.75) is 58.3 Å². The number of sulfonamides is 2. The number of anilines is 2. The zero-order chi connectivity index (χ0) is 43.6. The number of methoxy groups -OCH3 is 1. The van der Waals surface area contributed by atoms with Crippen LogP contribution in [-0.2, 0) is 20.0 Å². The van der Waals surface area contributed by atoms with Crippen LogP contribution in [0.3, 0.4) is 0 Å². The van der Waals surface area contributed by atoms with E-state index in [4.69, 9.17) is 14.7 Å². The van der Waals surface area contributed by atoms with Crippen LogP contribution < -0.4 is 14.5 Å². The predicted molar refractivity (Wildman–Crippen MR) is 250 cm³/mol. The summed E-state index contributed by atoms with van der Waals surface area (Å²) in [5.41, 5.74) is 10.7. The van der Waals surface area contributed by atoms with E-state index < -0.39 is 20.0 Å². The first-order valence-corrected chi connectivity index (χ1v) is 25.0. The van der Waals surface area contributed by atoms with Gasteiger partial charge in [-0.15, -0.1) is 22.7 Å². The average molecular weight is 899 g/mol. The zero-order valence-corrected chi connectivity index (χ0v) is 39.4. The van der Waals surface area contributed by atoms with E-state index in [-0.39, 0.29) is 0 Å². The van der Waals surface area contributed by atoms with Crippen LogP contribution in [0, 0.1) is 48.5 Å². The van der Waals surface area contributed by atoms with E-state index in [1.54, 1.807) is 38.4 Å². The number of ether oxygens (including phenoxy) is 1. The summed E-state index contributed by atoms with van der Waals surface area (Å²) in [6, 6.07) is 24.0. The van der Waals surface area contributed by atoms with Crippen LogP contribution in [0.15, 0.2) is 93.3 Å². The van der Waals surface area contributed by atoms with Crippen LogP contribution in [-0.4, -0.2) is 94.9 Å². The predicted octanol–water partition coefficient (Wildman–Crippen LogP) is 8.81. The second-order valence-electron chi connectivity index (χ2n) is 15.9. The number of rotatable bonds is 9. The van der Waals surface area contributed by atoms with Gasteiger partial charge in [0.25, 0.3) is 0 Å². The van der Waals surface area contributed by atoms with Crippen LogP contribution in [0.25, 0.3) is 22.5 Å². The third kappa shape index (κ3) is 9.72. The molecule has 4 aromatic carbocycles. The van der Waals surface area contributed by atoms with E-state index in [1.807, 2.05) is 95.5 Å². The molecule has 0 N–H and O–H groups in total. The number of hydrogen-bond acceptors (Lipinski definition) is 11.